The SMILES string of the molecule is CC(CN)N(C)C(=O)COc1cccc(C(F)(F)F)c1.Cl. The molecule has 8 heteroatoms. The van der Waals surface area contributed by atoms with Crippen LogP contribution < -0.4 is 10.5 Å². The largest absolute Gasteiger partial charge is 0.484 e. The summed E-state index contributed by atoms with van der Waals surface area (Å²) in [6.07, 6.45) is -4.44. The van der Waals surface area contributed by atoms with Gasteiger partial charge >= 0.3 is 6.18 Å². The van der Waals surface area contributed by atoms with E-state index in [4.69, 9.17) is 10.5 Å². The molecule has 1 atom stereocenters. The number of benzene rings is 1. The van der Waals surface area contributed by atoms with Gasteiger partial charge in [0, 0.05) is 19.6 Å². The number of nitrogens with zero attached hydrogens (tertiary/aromatic N) is 1. The van der Waals surface area contributed by atoms with Crippen molar-refractivity contribution in [1.29, 1.82) is 0 Å². The van der Waals surface area contributed by atoms with E-state index in [9.17, 15) is 18.0 Å². The third-order valence-corrected chi connectivity index (χ3v) is 2.92. The van der Waals surface area contributed by atoms with Crippen LogP contribution in [0.4, 0.5) is 13.2 Å². The molecule has 4 nitrogen and oxygen atoms in total. The summed E-state index contributed by atoms with van der Waals surface area (Å²) in [5, 5.41) is 0. The summed E-state index contributed by atoms with van der Waals surface area (Å²) in [6, 6.07) is 4.24. The minimum absolute atomic E-state index is 0. The molecule has 0 aliphatic rings. The Morgan fingerprint density at radius 3 is 2.57 bits per heavy atom. The van der Waals surface area contributed by atoms with Crippen LogP contribution in [0.5, 0.6) is 5.75 Å². The molecule has 0 saturated carbocycles. The van der Waals surface area contributed by atoms with Gasteiger partial charge in [-0.05, 0) is 25.1 Å². The van der Waals surface area contributed by atoms with Gasteiger partial charge in [0.1, 0.15) is 5.75 Å². The highest BCUT2D eigenvalue weighted by molar-refractivity contribution is 5.85. The minimum Gasteiger partial charge on any atom is -0.484 e. The summed E-state index contributed by atoms with van der Waals surface area (Å²) in [6.45, 7) is 1.73. The van der Waals surface area contributed by atoms with Gasteiger partial charge in [-0.15, -0.1) is 12.4 Å². The van der Waals surface area contributed by atoms with Crippen molar-refractivity contribution >= 4 is 18.3 Å². The highest BCUT2D eigenvalue weighted by atomic mass is 35.5. The second-order valence-electron chi connectivity index (χ2n) is 4.40. The number of nitrogens with two attached hydrogens (primary N) is 1. The van der Waals surface area contributed by atoms with E-state index in [1.54, 1.807) is 14.0 Å². The first-order chi connectivity index (χ1) is 9.25. The van der Waals surface area contributed by atoms with E-state index in [-0.39, 0.29) is 36.7 Å². The maximum Gasteiger partial charge on any atom is 0.416 e. The number of halogens is 4. The average Bonchev–Trinajstić information content (AvgIpc) is 2.42. The molecule has 0 fully saturated rings. The van der Waals surface area contributed by atoms with Crippen LogP contribution in [0, 0.1) is 0 Å². The zero-order valence-electron chi connectivity index (χ0n) is 11.7. The Labute approximate surface area is 127 Å². The summed E-state index contributed by atoms with van der Waals surface area (Å²) >= 11 is 0. The van der Waals surface area contributed by atoms with E-state index >= 15 is 0 Å². The van der Waals surface area contributed by atoms with Gasteiger partial charge in [-0.2, -0.15) is 13.2 Å². The van der Waals surface area contributed by atoms with E-state index in [0.717, 1.165) is 12.1 Å². The maximum atomic E-state index is 12.5. The van der Waals surface area contributed by atoms with Crippen LogP contribution in [0.3, 0.4) is 0 Å². The normalized spacial score (nSPS) is 12.3. The molecule has 0 radical (unpaired) electrons. The molecular formula is C13H18ClF3N2O2. The first-order valence-electron chi connectivity index (χ1n) is 6.01. The number of rotatable bonds is 5. The molecule has 0 heterocycles. The Morgan fingerprint density at radius 2 is 2.05 bits per heavy atom. The fourth-order valence-electron chi connectivity index (χ4n) is 1.41. The molecule has 0 aliphatic carbocycles. The molecular weight excluding hydrogens is 309 g/mol. The molecule has 1 amide bonds. The lowest BCUT2D eigenvalue weighted by atomic mass is 10.2. The minimum atomic E-state index is -4.44. The number of ether oxygens (including phenoxy) is 1. The second kappa shape index (κ2) is 8.09. The Balaban J connectivity index is 0.00000400. The standard InChI is InChI=1S/C13H17F3N2O2.ClH/c1-9(7-17)18(2)12(19)8-20-11-5-3-4-10(6-11)13(14,15)16;/h3-6,9H,7-8,17H2,1-2H3;1H. The lowest BCUT2D eigenvalue weighted by Gasteiger charge is -2.23. The van der Waals surface area contributed by atoms with Crippen LogP contribution in [0.2, 0.25) is 0 Å². The predicted molar refractivity (Wildman–Crippen MR) is 75.5 cm³/mol. The number of likely N-dealkylation sites (N-methyl/N-ethyl adjacent to an activating group) is 1. The quantitative estimate of drug-likeness (QED) is 0.903. The molecule has 2 N–H and O–H groups in total. The molecule has 0 saturated heterocycles. The Kier molecular flexibility index (Phi) is 7.52. The average molecular weight is 327 g/mol. The molecule has 1 aromatic rings. The van der Waals surface area contributed by atoms with Gasteiger partial charge in [0.2, 0.25) is 0 Å². The lowest BCUT2D eigenvalue weighted by Crippen LogP contribution is -2.42. The molecule has 1 rings (SSSR count). The van der Waals surface area contributed by atoms with Crippen molar-refractivity contribution < 1.29 is 22.7 Å². The number of hydrogen-bond acceptors (Lipinski definition) is 3. The summed E-state index contributed by atoms with van der Waals surface area (Å²) in [7, 11) is 1.56. The number of alkyl halides is 3. The predicted octanol–water partition coefficient (Wildman–Crippen LogP) is 2.31. The van der Waals surface area contributed by atoms with E-state index in [1.807, 2.05) is 0 Å². The van der Waals surface area contributed by atoms with Crippen molar-refractivity contribution in [1.82, 2.24) is 4.90 Å². The zero-order chi connectivity index (χ0) is 15.3. The third kappa shape index (κ3) is 5.81. The first-order valence-corrected chi connectivity index (χ1v) is 6.01. The van der Waals surface area contributed by atoms with Crippen LogP contribution in [0.15, 0.2) is 24.3 Å². The second-order valence-corrected chi connectivity index (χ2v) is 4.40. The van der Waals surface area contributed by atoms with Gasteiger partial charge in [0.05, 0.1) is 5.56 Å². The van der Waals surface area contributed by atoms with Gasteiger partial charge in [0.15, 0.2) is 6.61 Å². The van der Waals surface area contributed by atoms with Crippen molar-refractivity contribution in [2.45, 2.75) is 19.1 Å². The van der Waals surface area contributed by atoms with Crippen LogP contribution in [-0.2, 0) is 11.0 Å². The molecule has 1 aromatic carbocycles. The number of hydrogen-bond donors (Lipinski definition) is 1. The Hall–Kier alpha value is -1.47. The van der Waals surface area contributed by atoms with Gasteiger partial charge in [0.25, 0.3) is 5.91 Å². The van der Waals surface area contributed by atoms with Gasteiger partial charge in [-0.25, -0.2) is 0 Å². The van der Waals surface area contributed by atoms with Crippen molar-refractivity contribution in [2.24, 2.45) is 5.73 Å². The summed E-state index contributed by atoms with van der Waals surface area (Å²) in [5.41, 5.74) is 4.61. The highest BCUT2D eigenvalue weighted by Gasteiger charge is 2.30. The molecule has 0 bridgehead atoms. The van der Waals surface area contributed by atoms with Crippen LogP contribution in [0.1, 0.15) is 12.5 Å². The van der Waals surface area contributed by atoms with Crippen molar-refractivity contribution in [3.63, 3.8) is 0 Å². The molecule has 1 unspecified atom stereocenters. The third-order valence-electron chi connectivity index (χ3n) is 2.92. The number of amides is 1. The fourth-order valence-corrected chi connectivity index (χ4v) is 1.41. The Bertz CT molecular complexity index is 469. The van der Waals surface area contributed by atoms with Crippen LogP contribution >= 0.6 is 12.4 Å². The molecule has 120 valence electrons. The fraction of sp³-hybridized carbons (Fsp3) is 0.462. The van der Waals surface area contributed by atoms with E-state index in [1.165, 1.54) is 17.0 Å². The monoisotopic (exact) mass is 326 g/mol. The Morgan fingerprint density at radius 1 is 1.43 bits per heavy atom. The summed E-state index contributed by atoms with van der Waals surface area (Å²) in [5.74, 6) is -0.345. The molecule has 0 aliphatic heterocycles. The van der Waals surface area contributed by atoms with Crippen molar-refractivity contribution in [3.8, 4) is 5.75 Å². The van der Waals surface area contributed by atoms with E-state index in [2.05, 4.69) is 0 Å². The lowest BCUT2D eigenvalue weighted by molar-refractivity contribution is -0.137. The van der Waals surface area contributed by atoms with Gasteiger partial charge < -0.3 is 15.4 Å². The first kappa shape index (κ1) is 19.5. The topological polar surface area (TPSA) is 55.6 Å². The smallest absolute Gasteiger partial charge is 0.416 e. The van der Waals surface area contributed by atoms with Crippen molar-refractivity contribution in [2.75, 3.05) is 20.2 Å². The molecule has 21 heavy (non-hydrogen) atoms. The highest BCUT2D eigenvalue weighted by Crippen LogP contribution is 2.31. The zero-order valence-corrected chi connectivity index (χ0v) is 12.5. The van der Waals surface area contributed by atoms with Gasteiger partial charge in [-0.1, -0.05) is 6.07 Å². The van der Waals surface area contributed by atoms with Crippen molar-refractivity contribution in [3.05, 3.63) is 29.8 Å². The number of carbonyl (C=O) groups excluding carboxylic acids is 1. The van der Waals surface area contributed by atoms with Crippen LogP contribution in [0.25, 0.3) is 0 Å². The summed E-state index contributed by atoms with van der Waals surface area (Å²) in [4.78, 5) is 13.1. The molecule has 0 spiro atoms. The van der Waals surface area contributed by atoms with E-state index in [0.29, 0.717) is 6.54 Å². The van der Waals surface area contributed by atoms with Gasteiger partial charge in [-0.3, -0.25) is 4.79 Å². The van der Waals surface area contributed by atoms with E-state index < -0.39 is 11.7 Å². The summed E-state index contributed by atoms with van der Waals surface area (Å²) < 4.78 is 42.6. The maximum absolute atomic E-state index is 12.5. The number of carbonyl (C=O) groups is 1. The van der Waals surface area contributed by atoms with Crippen LogP contribution in [-0.4, -0.2) is 37.0 Å². The molecule has 0 aromatic heterocycles.